The van der Waals surface area contributed by atoms with E-state index in [0.717, 1.165) is 25.9 Å². The zero-order valence-corrected chi connectivity index (χ0v) is 11.5. The molecule has 1 saturated heterocycles. The molecule has 104 valence electrons. The van der Waals surface area contributed by atoms with E-state index in [9.17, 15) is 4.79 Å². The van der Waals surface area contributed by atoms with E-state index in [2.05, 4.69) is 41.4 Å². The Morgan fingerprint density at radius 1 is 1.42 bits per heavy atom. The minimum Gasteiger partial charge on any atom is -0.352 e. The molecule has 0 unspecified atom stereocenters. The SMILES string of the molecule is C[C@@H]1C[C@H](NC(=O)CN)CCN1Cc1ccccc1. The van der Waals surface area contributed by atoms with Crippen LogP contribution in [0.2, 0.25) is 0 Å². The van der Waals surface area contributed by atoms with Gasteiger partial charge in [-0.3, -0.25) is 9.69 Å². The number of benzene rings is 1. The van der Waals surface area contributed by atoms with Crippen molar-refractivity contribution in [2.24, 2.45) is 5.73 Å². The van der Waals surface area contributed by atoms with Gasteiger partial charge in [0.2, 0.25) is 5.91 Å². The van der Waals surface area contributed by atoms with Gasteiger partial charge < -0.3 is 11.1 Å². The molecule has 4 heteroatoms. The molecule has 2 atom stereocenters. The van der Waals surface area contributed by atoms with Crippen LogP contribution in [0, 0.1) is 0 Å². The summed E-state index contributed by atoms with van der Waals surface area (Å²) in [5, 5.41) is 2.99. The van der Waals surface area contributed by atoms with E-state index >= 15 is 0 Å². The summed E-state index contributed by atoms with van der Waals surface area (Å²) in [6, 6.07) is 11.3. The topological polar surface area (TPSA) is 58.4 Å². The zero-order chi connectivity index (χ0) is 13.7. The fraction of sp³-hybridized carbons (Fsp3) is 0.533. The number of piperidine rings is 1. The smallest absolute Gasteiger partial charge is 0.233 e. The van der Waals surface area contributed by atoms with Gasteiger partial charge in [-0.15, -0.1) is 0 Å². The summed E-state index contributed by atoms with van der Waals surface area (Å²) in [5.74, 6) is -0.0475. The van der Waals surface area contributed by atoms with Crippen LogP contribution in [0.5, 0.6) is 0 Å². The Balaban J connectivity index is 1.85. The molecule has 19 heavy (non-hydrogen) atoms. The second kappa shape index (κ2) is 6.68. The summed E-state index contributed by atoms with van der Waals surface area (Å²) in [5.41, 5.74) is 6.68. The lowest BCUT2D eigenvalue weighted by atomic mass is 9.97. The van der Waals surface area contributed by atoms with E-state index in [-0.39, 0.29) is 18.5 Å². The highest BCUT2D eigenvalue weighted by molar-refractivity contribution is 5.78. The van der Waals surface area contributed by atoms with Gasteiger partial charge in [-0.1, -0.05) is 30.3 Å². The highest BCUT2D eigenvalue weighted by atomic mass is 16.1. The average Bonchev–Trinajstić information content (AvgIpc) is 2.43. The molecule has 0 aromatic heterocycles. The summed E-state index contributed by atoms with van der Waals surface area (Å²) in [4.78, 5) is 13.8. The fourth-order valence-corrected chi connectivity index (χ4v) is 2.69. The zero-order valence-electron chi connectivity index (χ0n) is 11.5. The van der Waals surface area contributed by atoms with Crippen molar-refractivity contribution < 1.29 is 4.79 Å². The van der Waals surface area contributed by atoms with Crippen LogP contribution >= 0.6 is 0 Å². The Morgan fingerprint density at radius 2 is 2.16 bits per heavy atom. The molecule has 1 aromatic rings. The summed E-state index contributed by atoms with van der Waals surface area (Å²) < 4.78 is 0. The van der Waals surface area contributed by atoms with E-state index in [1.54, 1.807) is 0 Å². The van der Waals surface area contributed by atoms with Crippen LogP contribution in [0.1, 0.15) is 25.3 Å². The lowest BCUT2D eigenvalue weighted by molar-refractivity contribution is -0.120. The van der Waals surface area contributed by atoms with E-state index in [1.807, 2.05) is 6.07 Å². The van der Waals surface area contributed by atoms with Crippen LogP contribution in [-0.4, -0.2) is 36.0 Å². The monoisotopic (exact) mass is 261 g/mol. The lowest BCUT2D eigenvalue weighted by Gasteiger charge is -2.38. The first-order chi connectivity index (χ1) is 9.19. The number of rotatable bonds is 4. The number of amides is 1. The van der Waals surface area contributed by atoms with Gasteiger partial charge in [0.15, 0.2) is 0 Å². The van der Waals surface area contributed by atoms with Crippen molar-refractivity contribution >= 4 is 5.91 Å². The Bertz CT molecular complexity index is 407. The number of nitrogens with two attached hydrogens (primary N) is 1. The number of carbonyl (C=O) groups excluding carboxylic acids is 1. The first-order valence-electron chi connectivity index (χ1n) is 6.96. The Morgan fingerprint density at radius 3 is 2.79 bits per heavy atom. The second-order valence-corrected chi connectivity index (χ2v) is 5.30. The van der Waals surface area contributed by atoms with Gasteiger partial charge in [0, 0.05) is 25.2 Å². The molecule has 1 aliphatic heterocycles. The van der Waals surface area contributed by atoms with Crippen molar-refractivity contribution in [1.82, 2.24) is 10.2 Å². The van der Waals surface area contributed by atoms with Gasteiger partial charge >= 0.3 is 0 Å². The molecule has 1 aromatic carbocycles. The second-order valence-electron chi connectivity index (χ2n) is 5.30. The maximum Gasteiger partial charge on any atom is 0.233 e. The van der Waals surface area contributed by atoms with Gasteiger partial charge in [0.1, 0.15) is 0 Å². The van der Waals surface area contributed by atoms with E-state index < -0.39 is 0 Å². The third-order valence-electron chi connectivity index (χ3n) is 3.79. The third kappa shape index (κ3) is 4.04. The predicted octanol–water partition coefficient (Wildman–Crippen LogP) is 1.11. The van der Waals surface area contributed by atoms with E-state index in [1.165, 1.54) is 5.56 Å². The summed E-state index contributed by atoms with van der Waals surface area (Å²) in [6.07, 6.45) is 2.00. The van der Waals surface area contributed by atoms with Gasteiger partial charge in [-0.05, 0) is 25.3 Å². The average molecular weight is 261 g/mol. The van der Waals surface area contributed by atoms with Crippen LogP contribution in [0.3, 0.4) is 0 Å². The maximum atomic E-state index is 11.3. The van der Waals surface area contributed by atoms with Gasteiger partial charge in [0.05, 0.1) is 6.54 Å². The van der Waals surface area contributed by atoms with Crippen molar-refractivity contribution in [2.45, 2.75) is 38.4 Å². The predicted molar refractivity (Wildman–Crippen MR) is 76.5 cm³/mol. The Kier molecular flexibility index (Phi) is 4.93. The number of nitrogens with one attached hydrogen (secondary N) is 1. The normalized spacial score (nSPS) is 24.1. The molecule has 1 aliphatic rings. The van der Waals surface area contributed by atoms with Crippen molar-refractivity contribution in [2.75, 3.05) is 13.1 Å². The van der Waals surface area contributed by atoms with Crippen molar-refractivity contribution in [3.63, 3.8) is 0 Å². The van der Waals surface area contributed by atoms with Gasteiger partial charge in [-0.25, -0.2) is 0 Å². The minimum atomic E-state index is -0.0475. The van der Waals surface area contributed by atoms with Crippen LogP contribution in [0.4, 0.5) is 0 Å². The number of nitrogens with zero attached hydrogens (tertiary/aromatic N) is 1. The third-order valence-corrected chi connectivity index (χ3v) is 3.79. The molecule has 1 fully saturated rings. The van der Waals surface area contributed by atoms with Crippen molar-refractivity contribution in [1.29, 1.82) is 0 Å². The molecule has 0 bridgehead atoms. The fourth-order valence-electron chi connectivity index (χ4n) is 2.69. The number of hydrogen-bond donors (Lipinski definition) is 2. The largest absolute Gasteiger partial charge is 0.352 e. The van der Waals surface area contributed by atoms with E-state index in [4.69, 9.17) is 5.73 Å². The van der Waals surface area contributed by atoms with Crippen LogP contribution in [0.15, 0.2) is 30.3 Å². The van der Waals surface area contributed by atoms with E-state index in [0.29, 0.717) is 6.04 Å². The van der Waals surface area contributed by atoms with Crippen molar-refractivity contribution in [3.8, 4) is 0 Å². The molecule has 3 N–H and O–H groups in total. The standard InChI is InChI=1S/C15H23N3O/c1-12-9-14(17-15(19)10-16)7-8-18(12)11-13-5-3-2-4-6-13/h2-6,12,14H,7-11,16H2,1H3,(H,17,19)/t12-,14-/m1/s1. The van der Waals surface area contributed by atoms with Crippen LogP contribution < -0.4 is 11.1 Å². The molecule has 1 amide bonds. The summed E-state index contributed by atoms with van der Waals surface area (Å²) in [7, 11) is 0. The molecule has 0 saturated carbocycles. The number of likely N-dealkylation sites (tertiary alicyclic amines) is 1. The Hall–Kier alpha value is -1.39. The van der Waals surface area contributed by atoms with Crippen LogP contribution in [-0.2, 0) is 11.3 Å². The molecule has 0 spiro atoms. The van der Waals surface area contributed by atoms with Crippen molar-refractivity contribution in [3.05, 3.63) is 35.9 Å². The first kappa shape index (κ1) is 14.0. The molecule has 0 aliphatic carbocycles. The Labute approximate surface area is 115 Å². The van der Waals surface area contributed by atoms with Gasteiger partial charge in [0.25, 0.3) is 0 Å². The molecular formula is C15H23N3O. The highest BCUT2D eigenvalue weighted by Gasteiger charge is 2.25. The highest BCUT2D eigenvalue weighted by Crippen LogP contribution is 2.19. The molecule has 0 radical (unpaired) electrons. The molecule has 2 rings (SSSR count). The minimum absolute atomic E-state index is 0.0475. The summed E-state index contributed by atoms with van der Waals surface area (Å²) >= 11 is 0. The lowest BCUT2D eigenvalue weighted by Crippen LogP contribution is -2.49. The maximum absolute atomic E-state index is 11.3. The number of hydrogen-bond acceptors (Lipinski definition) is 3. The molecule has 1 heterocycles. The van der Waals surface area contributed by atoms with Gasteiger partial charge in [-0.2, -0.15) is 0 Å². The number of carbonyl (C=O) groups is 1. The molecule has 4 nitrogen and oxygen atoms in total. The first-order valence-corrected chi connectivity index (χ1v) is 6.96. The quantitative estimate of drug-likeness (QED) is 0.854. The molecular weight excluding hydrogens is 238 g/mol. The van der Waals surface area contributed by atoms with Crippen LogP contribution in [0.25, 0.3) is 0 Å². The summed E-state index contributed by atoms with van der Waals surface area (Å²) in [6.45, 7) is 4.31.